The minimum absolute atomic E-state index is 0.0149. The number of ether oxygens (including phenoxy) is 1. The lowest BCUT2D eigenvalue weighted by atomic mass is 9.89. The molecule has 1 aliphatic heterocycles. The van der Waals surface area contributed by atoms with Crippen molar-refractivity contribution in [3.8, 4) is 5.75 Å². The van der Waals surface area contributed by atoms with Crippen LogP contribution in [0.15, 0.2) is 48.5 Å². The van der Waals surface area contributed by atoms with Gasteiger partial charge in [-0.25, -0.2) is 4.79 Å². The second-order valence-electron chi connectivity index (χ2n) is 11.0. The molecule has 3 amide bonds. The number of carbonyl (C=O) groups is 2. The highest BCUT2D eigenvalue weighted by atomic mass is 16.5. The van der Waals surface area contributed by atoms with Crippen molar-refractivity contribution >= 4 is 23.3 Å². The van der Waals surface area contributed by atoms with Crippen LogP contribution < -0.4 is 15.4 Å². The Bertz CT molecular complexity index is 1070. The summed E-state index contributed by atoms with van der Waals surface area (Å²) in [5, 5.41) is 15.6. The number of likely N-dealkylation sites (N-methyl/N-ethyl adjacent to an activating group) is 1. The molecule has 8 nitrogen and oxygen atoms in total. The molecular weight excluding hydrogens is 480 g/mol. The summed E-state index contributed by atoms with van der Waals surface area (Å²) in [7, 11) is 2.14. The summed E-state index contributed by atoms with van der Waals surface area (Å²) in [6.45, 7) is 6.02. The van der Waals surface area contributed by atoms with Crippen molar-refractivity contribution in [2.24, 2.45) is 11.8 Å². The maximum absolute atomic E-state index is 13.7. The van der Waals surface area contributed by atoms with E-state index in [0.29, 0.717) is 41.7 Å². The molecule has 0 saturated heterocycles. The van der Waals surface area contributed by atoms with Crippen molar-refractivity contribution in [2.75, 3.05) is 43.9 Å². The topological polar surface area (TPSA) is 94.1 Å². The van der Waals surface area contributed by atoms with Gasteiger partial charge >= 0.3 is 6.03 Å². The molecule has 0 radical (unpaired) electrons. The zero-order chi connectivity index (χ0) is 27.1. The standard InChI is InChI=1S/C30H42N4O4/c1-21-17-34(22(2)20-35)29(36)25-15-10-16-26(32-30(37)31-24-13-8-5-9-14-24)28(25)38-27(21)19-33(3)18-23-11-6-4-7-12-23/h5,8-10,13-16,21-23,27,35H,4,6-7,11-12,17-20H2,1-3H3,(H2,31,32,37)/t21-,22-,27+/m1/s1. The summed E-state index contributed by atoms with van der Waals surface area (Å²) >= 11 is 0. The Balaban J connectivity index is 1.60. The van der Waals surface area contributed by atoms with Crippen molar-refractivity contribution in [3.05, 3.63) is 54.1 Å². The number of fused-ring (bicyclic) bond motifs is 1. The summed E-state index contributed by atoms with van der Waals surface area (Å²) in [6.07, 6.45) is 6.28. The second-order valence-corrected chi connectivity index (χ2v) is 11.0. The smallest absolute Gasteiger partial charge is 0.323 e. The van der Waals surface area contributed by atoms with Gasteiger partial charge in [0.25, 0.3) is 5.91 Å². The lowest BCUT2D eigenvalue weighted by molar-refractivity contribution is 0.0333. The number of nitrogens with one attached hydrogen (secondary N) is 2. The van der Waals surface area contributed by atoms with Gasteiger partial charge in [0.2, 0.25) is 0 Å². The van der Waals surface area contributed by atoms with Gasteiger partial charge in [-0.15, -0.1) is 0 Å². The number of nitrogens with zero attached hydrogens (tertiary/aromatic N) is 2. The third-order valence-electron chi connectivity index (χ3n) is 7.76. The van der Waals surface area contributed by atoms with Gasteiger partial charge in [-0.2, -0.15) is 0 Å². The molecule has 206 valence electrons. The number of amides is 3. The van der Waals surface area contributed by atoms with Crippen molar-refractivity contribution in [1.82, 2.24) is 9.80 Å². The number of aliphatic hydroxyl groups excluding tert-OH is 1. The molecule has 0 bridgehead atoms. The van der Waals surface area contributed by atoms with Crippen molar-refractivity contribution < 1.29 is 19.4 Å². The minimum Gasteiger partial charge on any atom is -0.486 e. The predicted octanol–water partition coefficient (Wildman–Crippen LogP) is 5.06. The Labute approximate surface area is 226 Å². The van der Waals surface area contributed by atoms with Gasteiger partial charge in [-0.3, -0.25) is 4.79 Å². The third kappa shape index (κ3) is 7.05. The molecule has 1 aliphatic carbocycles. The maximum atomic E-state index is 13.7. The number of rotatable bonds is 8. The molecule has 38 heavy (non-hydrogen) atoms. The highest BCUT2D eigenvalue weighted by Gasteiger charge is 2.35. The monoisotopic (exact) mass is 522 g/mol. The van der Waals surface area contributed by atoms with Gasteiger partial charge in [0.1, 0.15) is 6.10 Å². The van der Waals surface area contributed by atoms with E-state index in [0.717, 1.165) is 6.54 Å². The molecule has 3 atom stereocenters. The molecule has 0 spiro atoms. The number of carbonyl (C=O) groups excluding carboxylic acids is 2. The lowest BCUT2D eigenvalue weighted by Crippen LogP contribution is -2.50. The summed E-state index contributed by atoms with van der Waals surface area (Å²) < 4.78 is 6.63. The van der Waals surface area contributed by atoms with E-state index in [2.05, 4.69) is 29.5 Å². The van der Waals surface area contributed by atoms with Gasteiger partial charge in [0.05, 0.1) is 23.9 Å². The van der Waals surface area contributed by atoms with E-state index in [1.54, 1.807) is 23.1 Å². The van der Waals surface area contributed by atoms with Gasteiger partial charge in [-0.05, 0) is 57.0 Å². The summed E-state index contributed by atoms with van der Waals surface area (Å²) in [5.74, 6) is 0.880. The van der Waals surface area contributed by atoms with E-state index < -0.39 is 6.03 Å². The van der Waals surface area contributed by atoms with Crippen molar-refractivity contribution in [3.63, 3.8) is 0 Å². The van der Waals surface area contributed by atoms with Crippen molar-refractivity contribution in [2.45, 2.75) is 58.1 Å². The highest BCUT2D eigenvalue weighted by Crippen LogP contribution is 2.35. The summed E-state index contributed by atoms with van der Waals surface area (Å²) in [6, 6.07) is 13.7. The fourth-order valence-electron chi connectivity index (χ4n) is 5.56. The van der Waals surface area contributed by atoms with Gasteiger partial charge in [-0.1, -0.05) is 50.5 Å². The van der Waals surface area contributed by atoms with Crippen LogP contribution in [-0.2, 0) is 0 Å². The molecule has 8 heteroatoms. The van der Waals surface area contributed by atoms with Gasteiger partial charge in [0, 0.05) is 31.2 Å². The van der Waals surface area contributed by atoms with Crippen LogP contribution >= 0.6 is 0 Å². The number of aliphatic hydroxyl groups is 1. The fraction of sp³-hybridized carbons (Fsp3) is 0.533. The number of urea groups is 1. The number of benzene rings is 2. The largest absolute Gasteiger partial charge is 0.486 e. The normalized spacial score (nSPS) is 21.2. The molecule has 0 aromatic heterocycles. The van der Waals surface area contributed by atoms with E-state index in [1.807, 2.05) is 37.3 Å². The Kier molecular flexibility index (Phi) is 9.63. The molecule has 4 rings (SSSR count). The first-order valence-corrected chi connectivity index (χ1v) is 13.9. The molecule has 1 heterocycles. The SMILES string of the molecule is C[C@@H]1CN([C@H](C)CO)C(=O)c2cccc(NC(=O)Nc3ccccc3)c2O[C@H]1CN(C)CC1CCCCC1. The molecule has 2 aromatic rings. The first-order valence-electron chi connectivity index (χ1n) is 13.9. The predicted molar refractivity (Wildman–Crippen MR) is 151 cm³/mol. The van der Waals surface area contributed by atoms with E-state index in [4.69, 9.17) is 4.74 Å². The third-order valence-corrected chi connectivity index (χ3v) is 7.76. The molecule has 3 N–H and O–H groups in total. The molecule has 2 aliphatic rings. The molecule has 1 saturated carbocycles. The van der Waals surface area contributed by atoms with Crippen LogP contribution in [0.1, 0.15) is 56.3 Å². The molecule has 1 fully saturated rings. The Morgan fingerprint density at radius 3 is 2.53 bits per heavy atom. The lowest BCUT2D eigenvalue weighted by Gasteiger charge is -2.39. The average Bonchev–Trinajstić information content (AvgIpc) is 2.91. The van der Waals surface area contributed by atoms with Gasteiger partial charge < -0.3 is 30.3 Å². The van der Waals surface area contributed by atoms with Crippen LogP contribution in [0.3, 0.4) is 0 Å². The van der Waals surface area contributed by atoms with E-state index >= 15 is 0 Å². The number of anilines is 2. The molecule has 2 aromatic carbocycles. The van der Waals surface area contributed by atoms with E-state index in [9.17, 15) is 14.7 Å². The van der Waals surface area contributed by atoms with E-state index in [-0.39, 0.29) is 30.6 Å². The van der Waals surface area contributed by atoms with Crippen LogP contribution in [0.2, 0.25) is 0 Å². The van der Waals surface area contributed by atoms with Crippen LogP contribution in [0, 0.1) is 11.8 Å². The van der Waals surface area contributed by atoms with Crippen LogP contribution in [0.4, 0.5) is 16.2 Å². The van der Waals surface area contributed by atoms with Crippen LogP contribution in [0.5, 0.6) is 5.75 Å². The number of para-hydroxylation sites is 2. The summed E-state index contributed by atoms with van der Waals surface area (Å²) in [5.41, 5.74) is 1.49. The second kappa shape index (κ2) is 13.1. The number of hydrogen-bond donors (Lipinski definition) is 3. The Morgan fingerprint density at radius 2 is 1.82 bits per heavy atom. The Hall–Kier alpha value is -3.10. The quantitative estimate of drug-likeness (QED) is 0.450. The minimum atomic E-state index is -0.415. The average molecular weight is 523 g/mol. The number of hydrogen-bond acceptors (Lipinski definition) is 5. The molecule has 0 unspecified atom stereocenters. The highest BCUT2D eigenvalue weighted by molar-refractivity contribution is 6.04. The molecular formula is C30H42N4O4. The van der Waals surface area contributed by atoms with E-state index in [1.165, 1.54) is 32.1 Å². The van der Waals surface area contributed by atoms with Gasteiger partial charge in [0.15, 0.2) is 5.75 Å². The zero-order valence-electron chi connectivity index (χ0n) is 22.9. The fourth-order valence-corrected chi connectivity index (χ4v) is 5.56. The van der Waals surface area contributed by atoms with Crippen LogP contribution in [-0.4, -0.2) is 72.3 Å². The van der Waals surface area contributed by atoms with Crippen LogP contribution in [0.25, 0.3) is 0 Å². The summed E-state index contributed by atoms with van der Waals surface area (Å²) in [4.78, 5) is 30.6. The first kappa shape index (κ1) is 27.9. The first-order chi connectivity index (χ1) is 18.4. The Morgan fingerprint density at radius 1 is 1.08 bits per heavy atom. The zero-order valence-corrected chi connectivity index (χ0v) is 22.9. The maximum Gasteiger partial charge on any atom is 0.323 e. The van der Waals surface area contributed by atoms with Crippen molar-refractivity contribution in [1.29, 1.82) is 0 Å².